The van der Waals surface area contributed by atoms with Gasteiger partial charge in [0.05, 0.1) is 20.7 Å². The van der Waals surface area contributed by atoms with Crippen LogP contribution >= 0.6 is 22.7 Å². The number of carboxylic acid groups (broad SMARTS) is 1. The van der Waals surface area contributed by atoms with Crippen LogP contribution in [-0.4, -0.2) is 22.0 Å². The summed E-state index contributed by atoms with van der Waals surface area (Å²) in [5.41, 5.74) is 0.876. The molecule has 0 aliphatic rings. The molecule has 3 rings (SSSR count). The van der Waals surface area contributed by atoms with E-state index < -0.39 is 5.97 Å². The van der Waals surface area contributed by atoms with Gasteiger partial charge in [0.15, 0.2) is 5.13 Å². The molecule has 5 nitrogen and oxygen atoms in total. The Kier molecular flexibility index (Phi) is 3.44. The van der Waals surface area contributed by atoms with Gasteiger partial charge >= 0.3 is 5.97 Å². The van der Waals surface area contributed by atoms with Gasteiger partial charge in [0.25, 0.3) is 5.91 Å². The fourth-order valence-electron chi connectivity index (χ4n) is 1.83. The Hall–Kier alpha value is -2.25. The van der Waals surface area contributed by atoms with Gasteiger partial charge in [-0.2, -0.15) is 0 Å². The molecule has 0 saturated heterocycles. The molecule has 21 heavy (non-hydrogen) atoms. The van der Waals surface area contributed by atoms with E-state index in [1.165, 1.54) is 28.7 Å². The van der Waals surface area contributed by atoms with Crippen LogP contribution in [0.3, 0.4) is 0 Å². The summed E-state index contributed by atoms with van der Waals surface area (Å²) in [7, 11) is 0. The molecular weight excluding hydrogens is 308 g/mol. The molecule has 0 fully saturated rings. The molecular formula is C14H10N2O3S2. The Balaban J connectivity index is 1.87. The number of aryl methyl sites for hydroxylation is 1. The SMILES string of the molecule is Cc1ccc(C(=O)Nc2nc3ccc(C(=O)O)cc3s2)s1. The van der Waals surface area contributed by atoms with Gasteiger partial charge in [0.2, 0.25) is 0 Å². The van der Waals surface area contributed by atoms with E-state index in [0.29, 0.717) is 15.5 Å². The first-order valence-electron chi connectivity index (χ1n) is 6.04. The molecule has 2 heterocycles. The molecule has 106 valence electrons. The Morgan fingerprint density at radius 1 is 1.19 bits per heavy atom. The molecule has 0 aliphatic carbocycles. The number of thiazole rings is 1. The van der Waals surface area contributed by atoms with Crippen molar-refractivity contribution in [2.24, 2.45) is 0 Å². The lowest BCUT2D eigenvalue weighted by molar-refractivity contribution is 0.0697. The minimum atomic E-state index is -0.982. The van der Waals surface area contributed by atoms with Crippen LogP contribution < -0.4 is 5.32 Å². The third-order valence-electron chi connectivity index (χ3n) is 2.82. The normalized spacial score (nSPS) is 10.7. The average molecular weight is 318 g/mol. The van der Waals surface area contributed by atoms with Crippen molar-refractivity contribution in [1.29, 1.82) is 0 Å². The van der Waals surface area contributed by atoms with Crippen LogP contribution in [0.2, 0.25) is 0 Å². The number of hydrogen-bond acceptors (Lipinski definition) is 5. The van der Waals surface area contributed by atoms with Gasteiger partial charge in [-0.3, -0.25) is 10.1 Å². The molecule has 0 spiro atoms. The molecule has 1 aromatic carbocycles. The van der Waals surface area contributed by atoms with Crippen molar-refractivity contribution in [1.82, 2.24) is 4.98 Å². The number of amides is 1. The second-order valence-corrected chi connectivity index (χ2v) is 6.69. The van der Waals surface area contributed by atoms with Crippen LogP contribution in [0.5, 0.6) is 0 Å². The van der Waals surface area contributed by atoms with Crippen LogP contribution in [0.15, 0.2) is 30.3 Å². The van der Waals surface area contributed by atoms with E-state index in [1.807, 2.05) is 13.0 Å². The van der Waals surface area contributed by atoms with Crippen molar-refractivity contribution in [3.63, 3.8) is 0 Å². The van der Waals surface area contributed by atoms with E-state index in [0.717, 1.165) is 9.58 Å². The van der Waals surface area contributed by atoms with E-state index in [4.69, 9.17) is 5.11 Å². The van der Waals surface area contributed by atoms with Gasteiger partial charge in [0.1, 0.15) is 0 Å². The largest absolute Gasteiger partial charge is 0.478 e. The fraction of sp³-hybridized carbons (Fsp3) is 0.0714. The first-order valence-corrected chi connectivity index (χ1v) is 7.68. The van der Waals surface area contributed by atoms with Crippen LogP contribution in [0, 0.1) is 6.92 Å². The van der Waals surface area contributed by atoms with Crippen LogP contribution in [-0.2, 0) is 0 Å². The molecule has 0 atom stereocenters. The summed E-state index contributed by atoms with van der Waals surface area (Å²) >= 11 is 2.67. The van der Waals surface area contributed by atoms with Crippen LogP contribution in [0.25, 0.3) is 10.2 Å². The van der Waals surface area contributed by atoms with Crippen molar-refractivity contribution in [3.05, 3.63) is 45.6 Å². The number of fused-ring (bicyclic) bond motifs is 1. The number of aromatic carboxylic acids is 1. The summed E-state index contributed by atoms with van der Waals surface area (Å²) in [5.74, 6) is -1.18. The number of rotatable bonds is 3. The number of hydrogen-bond donors (Lipinski definition) is 2. The maximum atomic E-state index is 12.1. The lowest BCUT2D eigenvalue weighted by Gasteiger charge is -1.97. The molecule has 1 amide bonds. The van der Waals surface area contributed by atoms with Gasteiger partial charge < -0.3 is 5.11 Å². The third-order valence-corrected chi connectivity index (χ3v) is 4.75. The number of anilines is 1. The fourth-order valence-corrected chi connectivity index (χ4v) is 3.49. The smallest absolute Gasteiger partial charge is 0.335 e. The number of nitrogens with zero attached hydrogens (tertiary/aromatic N) is 1. The maximum absolute atomic E-state index is 12.1. The van der Waals surface area contributed by atoms with Gasteiger partial charge in [0, 0.05) is 4.88 Å². The Labute approximate surface area is 127 Å². The number of carbonyl (C=O) groups is 2. The highest BCUT2D eigenvalue weighted by Gasteiger charge is 2.12. The number of thiophene rings is 1. The highest BCUT2D eigenvalue weighted by atomic mass is 32.1. The maximum Gasteiger partial charge on any atom is 0.335 e. The molecule has 2 aromatic heterocycles. The summed E-state index contributed by atoms with van der Waals surface area (Å²) in [6, 6.07) is 8.35. The molecule has 0 unspecified atom stereocenters. The quantitative estimate of drug-likeness (QED) is 0.773. The summed E-state index contributed by atoms with van der Waals surface area (Å²) in [4.78, 5) is 29.0. The summed E-state index contributed by atoms with van der Waals surface area (Å²) < 4.78 is 0.729. The Morgan fingerprint density at radius 3 is 2.67 bits per heavy atom. The molecule has 0 radical (unpaired) electrons. The zero-order chi connectivity index (χ0) is 15.0. The van der Waals surface area contributed by atoms with Crippen molar-refractivity contribution < 1.29 is 14.7 Å². The van der Waals surface area contributed by atoms with Gasteiger partial charge in [-0.15, -0.1) is 11.3 Å². The molecule has 3 aromatic rings. The first kappa shape index (κ1) is 13.7. The van der Waals surface area contributed by atoms with Crippen molar-refractivity contribution in [3.8, 4) is 0 Å². The molecule has 0 saturated carbocycles. The lowest BCUT2D eigenvalue weighted by Crippen LogP contribution is -2.09. The topological polar surface area (TPSA) is 79.3 Å². The number of carbonyl (C=O) groups excluding carboxylic acids is 1. The second-order valence-electron chi connectivity index (χ2n) is 4.37. The zero-order valence-corrected chi connectivity index (χ0v) is 12.5. The minimum absolute atomic E-state index is 0.203. The molecule has 2 N–H and O–H groups in total. The van der Waals surface area contributed by atoms with Gasteiger partial charge in [-0.25, -0.2) is 9.78 Å². The highest BCUT2D eigenvalue weighted by molar-refractivity contribution is 7.22. The summed E-state index contributed by atoms with van der Waals surface area (Å²) in [6.45, 7) is 1.94. The highest BCUT2D eigenvalue weighted by Crippen LogP contribution is 2.27. The van der Waals surface area contributed by atoms with Crippen molar-refractivity contribution in [2.45, 2.75) is 6.92 Å². The van der Waals surface area contributed by atoms with E-state index in [2.05, 4.69) is 10.3 Å². The number of benzene rings is 1. The predicted octanol–water partition coefficient (Wildman–Crippen LogP) is 3.62. The van der Waals surface area contributed by atoms with Gasteiger partial charge in [-0.05, 0) is 37.3 Å². The third kappa shape index (κ3) is 2.79. The van der Waals surface area contributed by atoms with E-state index in [1.54, 1.807) is 18.2 Å². The Morgan fingerprint density at radius 2 is 2.00 bits per heavy atom. The second kappa shape index (κ2) is 5.27. The molecule has 0 bridgehead atoms. The number of aromatic nitrogens is 1. The van der Waals surface area contributed by atoms with Crippen LogP contribution in [0.1, 0.15) is 24.9 Å². The monoisotopic (exact) mass is 318 g/mol. The van der Waals surface area contributed by atoms with Crippen LogP contribution in [0.4, 0.5) is 5.13 Å². The summed E-state index contributed by atoms with van der Waals surface area (Å²) in [5, 5.41) is 12.2. The lowest BCUT2D eigenvalue weighted by atomic mass is 10.2. The Bertz CT molecular complexity index is 851. The molecule has 0 aliphatic heterocycles. The number of nitrogens with one attached hydrogen (secondary N) is 1. The van der Waals surface area contributed by atoms with E-state index in [9.17, 15) is 9.59 Å². The average Bonchev–Trinajstić information content (AvgIpc) is 3.03. The minimum Gasteiger partial charge on any atom is -0.478 e. The first-order chi connectivity index (χ1) is 10.0. The van der Waals surface area contributed by atoms with Gasteiger partial charge in [-0.1, -0.05) is 11.3 Å². The molecule has 7 heteroatoms. The van der Waals surface area contributed by atoms with E-state index >= 15 is 0 Å². The van der Waals surface area contributed by atoms with Crippen molar-refractivity contribution in [2.75, 3.05) is 5.32 Å². The summed E-state index contributed by atoms with van der Waals surface area (Å²) in [6.07, 6.45) is 0. The van der Waals surface area contributed by atoms with Crippen molar-refractivity contribution >= 4 is 49.9 Å². The predicted molar refractivity (Wildman–Crippen MR) is 83.6 cm³/mol. The number of carboxylic acids is 1. The standard InChI is InChI=1S/C14H10N2O3S2/c1-7-2-5-10(20-7)12(17)16-14-15-9-4-3-8(13(18)19)6-11(9)21-14/h2-6H,1H3,(H,18,19)(H,15,16,17). The zero-order valence-electron chi connectivity index (χ0n) is 10.9. The van der Waals surface area contributed by atoms with E-state index in [-0.39, 0.29) is 11.5 Å².